The lowest BCUT2D eigenvalue weighted by molar-refractivity contribution is 0.258. The fourth-order valence-electron chi connectivity index (χ4n) is 3.04. The van der Waals surface area contributed by atoms with Gasteiger partial charge in [-0.1, -0.05) is 12.1 Å². The molecule has 1 aromatic heterocycles. The molecule has 0 unspecified atom stereocenters. The second kappa shape index (κ2) is 8.67. The van der Waals surface area contributed by atoms with Crippen LogP contribution in [-0.4, -0.2) is 44.8 Å². The standard InChI is InChI=1S/C21H23FN2O3S/c1-24(15-17-13-18(22)12-16-6-4-9-23-21(16)17)10-5-11-27-19-7-3-8-20(14-19)28(2,25)26/h3-4,6-9,12-14H,5,10-11,15H2,1-2H3. The molecule has 0 amide bonds. The predicted octanol–water partition coefficient (Wildman–Crippen LogP) is 3.68. The smallest absolute Gasteiger partial charge is 0.175 e. The van der Waals surface area contributed by atoms with Gasteiger partial charge < -0.3 is 9.64 Å². The predicted molar refractivity (Wildman–Crippen MR) is 108 cm³/mol. The molecular weight excluding hydrogens is 379 g/mol. The molecule has 148 valence electrons. The van der Waals surface area contributed by atoms with Gasteiger partial charge in [0.15, 0.2) is 9.84 Å². The molecule has 0 N–H and O–H groups in total. The molecule has 0 saturated heterocycles. The van der Waals surface area contributed by atoms with Crippen LogP contribution in [0.1, 0.15) is 12.0 Å². The summed E-state index contributed by atoms with van der Waals surface area (Å²) < 4.78 is 42.7. The highest BCUT2D eigenvalue weighted by molar-refractivity contribution is 7.90. The van der Waals surface area contributed by atoms with Crippen molar-refractivity contribution in [2.45, 2.75) is 17.9 Å². The third-order valence-electron chi connectivity index (χ3n) is 4.38. The van der Waals surface area contributed by atoms with E-state index in [0.29, 0.717) is 18.9 Å². The van der Waals surface area contributed by atoms with Gasteiger partial charge in [0.2, 0.25) is 0 Å². The average molecular weight is 402 g/mol. The van der Waals surface area contributed by atoms with Crippen molar-refractivity contribution in [2.75, 3.05) is 26.5 Å². The van der Waals surface area contributed by atoms with Crippen LogP contribution >= 0.6 is 0 Å². The van der Waals surface area contributed by atoms with Crippen LogP contribution in [0, 0.1) is 5.82 Å². The molecule has 28 heavy (non-hydrogen) atoms. The van der Waals surface area contributed by atoms with Crippen LogP contribution in [0.5, 0.6) is 5.75 Å². The molecule has 0 bridgehead atoms. The highest BCUT2D eigenvalue weighted by Gasteiger charge is 2.09. The summed E-state index contributed by atoms with van der Waals surface area (Å²) >= 11 is 0. The number of fused-ring (bicyclic) bond motifs is 1. The van der Waals surface area contributed by atoms with Crippen LogP contribution in [0.3, 0.4) is 0 Å². The number of halogens is 1. The minimum Gasteiger partial charge on any atom is -0.494 e. The summed E-state index contributed by atoms with van der Waals surface area (Å²) in [7, 11) is -1.29. The van der Waals surface area contributed by atoms with Gasteiger partial charge in [-0.25, -0.2) is 12.8 Å². The third kappa shape index (κ3) is 5.27. The number of pyridine rings is 1. The monoisotopic (exact) mass is 402 g/mol. The Morgan fingerprint density at radius 2 is 1.96 bits per heavy atom. The van der Waals surface area contributed by atoms with Crippen LogP contribution in [0.2, 0.25) is 0 Å². The molecule has 0 aliphatic heterocycles. The van der Waals surface area contributed by atoms with Gasteiger partial charge in [0.1, 0.15) is 11.6 Å². The first-order valence-corrected chi connectivity index (χ1v) is 10.9. The maximum Gasteiger partial charge on any atom is 0.175 e. The average Bonchev–Trinajstić information content (AvgIpc) is 2.65. The maximum atomic E-state index is 13.8. The van der Waals surface area contributed by atoms with E-state index in [9.17, 15) is 12.8 Å². The van der Waals surface area contributed by atoms with Crippen molar-refractivity contribution in [3.8, 4) is 5.75 Å². The molecule has 7 heteroatoms. The zero-order valence-electron chi connectivity index (χ0n) is 15.9. The zero-order chi connectivity index (χ0) is 20.1. The van der Waals surface area contributed by atoms with Crippen LogP contribution in [0.15, 0.2) is 59.6 Å². The molecule has 1 heterocycles. The van der Waals surface area contributed by atoms with Crippen LogP contribution in [-0.2, 0) is 16.4 Å². The van der Waals surface area contributed by atoms with Crippen LogP contribution in [0.25, 0.3) is 10.9 Å². The van der Waals surface area contributed by atoms with Crippen molar-refractivity contribution < 1.29 is 17.5 Å². The SMILES string of the molecule is CN(CCCOc1cccc(S(C)(=O)=O)c1)Cc1cc(F)cc2cccnc12. The van der Waals surface area contributed by atoms with E-state index in [-0.39, 0.29) is 10.7 Å². The van der Waals surface area contributed by atoms with E-state index >= 15 is 0 Å². The van der Waals surface area contributed by atoms with Gasteiger partial charge in [0.05, 0.1) is 17.0 Å². The van der Waals surface area contributed by atoms with Crippen molar-refractivity contribution in [1.82, 2.24) is 9.88 Å². The lowest BCUT2D eigenvalue weighted by Gasteiger charge is -2.18. The third-order valence-corrected chi connectivity index (χ3v) is 5.49. The Morgan fingerprint density at radius 3 is 2.75 bits per heavy atom. The van der Waals surface area contributed by atoms with Crippen molar-refractivity contribution in [2.24, 2.45) is 0 Å². The van der Waals surface area contributed by atoms with E-state index in [4.69, 9.17) is 4.74 Å². The van der Waals surface area contributed by atoms with Crippen molar-refractivity contribution in [3.05, 3.63) is 66.1 Å². The number of nitrogens with zero attached hydrogens (tertiary/aromatic N) is 2. The maximum absolute atomic E-state index is 13.8. The van der Waals surface area contributed by atoms with Gasteiger partial charge >= 0.3 is 0 Å². The van der Waals surface area contributed by atoms with E-state index in [1.165, 1.54) is 24.5 Å². The largest absolute Gasteiger partial charge is 0.494 e. The van der Waals surface area contributed by atoms with Gasteiger partial charge in [-0.05, 0) is 55.4 Å². The number of rotatable bonds is 8. The number of benzene rings is 2. The Hall–Kier alpha value is -2.51. The molecule has 0 saturated carbocycles. The Kier molecular flexibility index (Phi) is 6.26. The van der Waals surface area contributed by atoms with E-state index < -0.39 is 9.84 Å². The number of ether oxygens (including phenoxy) is 1. The first-order valence-electron chi connectivity index (χ1n) is 8.97. The summed E-state index contributed by atoms with van der Waals surface area (Å²) in [4.78, 5) is 6.70. The van der Waals surface area contributed by atoms with Gasteiger partial charge in [0.25, 0.3) is 0 Å². The molecule has 0 spiro atoms. The zero-order valence-corrected chi connectivity index (χ0v) is 16.7. The minimum atomic E-state index is -3.25. The van der Waals surface area contributed by atoms with E-state index in [1.54, 1.807) is 30.5 Å². The first kappa shape index (κ1) is 20.2. The number of hydrogen-bond acceptors (Lipinski definition) is 5. The molecule has 0 atom stereocenters. The summed E-state index contributed by atoms with van der Waals surface area (Å²) in [6, 6.07) is 13.2. The fourth-order valence-corrected chi connectivity index (χ4v) is 3.69. The number of hydrogen-bond donors (Lipinski definition) is 0. The van der Waals surface area contributed by atoms with Gasteiger partial charge in [-0.15, -0.1) is 0 Å². The van der Waals surface area contributed by atoms with Crippen molar-refractivity contribution >= 4 is 20.7 Å². The van der Waals surface area contributed by atoms with E-state index in [0.717, 1.165) is 29.4 Å². The normalized spacial score (nSPS) is 11.9. The highest BCUT2D eigenvalue weighted by Crippen LogP contribution is 2.20. The second-order valence-electron chi connectivity index (χ2n) is 6.83. The highest BCUT2D eigenvalue weighted by atomic mass is 32.2. The lowest BCUT2D eigenvalue weighted by Crippen LogP contribution is -2.21. The molecule has 3 aromatic rings. The summed E-state index contributed by atoms with van der Waals surface area (Å²) in [6.07, 6.45) is 3.63. The molecule has 2 aromatic carbocycles. The van der Waals surface area contributed by atoms with Crippen molar-refractivity contribution in [3.63, 3.8) is 0 Å². The Labute approximate surface area is 164 Å². The molecule has 0 fully saturated rings. The van der Waals surface area contributed by atoms with Gasteiger partial charge in [-0.2, -0.15) is 0 Å². The van der Waals surface area contributed by atoms with Crippen molar-refractivity contribution in [1.29, 1.82) is 0 Å². The quantitative estimate of drug-likeness (QED) is 0.538. The summed E-state index contributed by atoms with van der Waals surface area (Å²) in [5, 5.41) is 0.792. The molecule has 0 aliphatic rings. The molecule has 3 rings (SSSR count). The summed E-state index contributed by atoms with van der Waals surface area (Å²) in [5.41, 5.74) is 1.66. The lowest BCUT2D eigenvalue weighted by atomic mass is 10.1. The van der Waals surface area contributed by atoms with Gasteiger partial charge in [0, 0.05) is 30.9 Å². The second-order valence-corrected chi connectivity index (χ2v) is 8.84. The minimum absolute atomic E-state index is 0.243. The van der Waals surface area contributed by atoms with Crippen LogP contribution < -0.4 is 4.74 Å². The molecule has 0 radical (unpaired) electrons. The Bertz CT molecular complexity index is 1070. The Balaban J connectivity index is 1.54. The first-order chi connectivity index (χ1) is 13.3. The Morgan fingerprint density at radius 1 is 1.14 bits per heavy atom. The fraction of sp³-hybridized carbons (Fsp3) is 0.286. The summed E-state index contributed by atoms with van der Waals surface area (Å²) in [5.74, 6) is 0.267. The number of sulfone groups is 1. The topological polar surface area (TPSA) is 59.5 Å². The molecule has 5 nitrogen and oxygen atoms in total. The number of aromatic nitrogens is 1. The summed E-state index contributed by atoms with van der Waals surface area (Å²) in [6.45, 7) is 1.78. The van der Waals surface area contributed by atoms with E-state index in [2.05, 4.69) is 9.88 Å². The molecule has 0 aliphatic carbocycles. The van der Waals surface area contributed by atoms with Gasteiger partial charge in [-0.3, -0.25) is 4.98 Å². The van der Waals surface area contributed by atoms with E-state index in [1.807, 2.05) is 13.1 Å². The van der Waals surface area contributed by atoms with Crippen LogP contribution in [0.4, 0.5) is 4.39 Å². The molecular formula is C21H23FN2O3S.